The van der Waals surface area contributed by atoms with E-state index in [0.717, 1.165) is 38.3 Å². The van der Waals surface area contributed by atoms with Gasteiger partial charge in [-0.1, -0.05) is 19.8 Å². The number of carboxylic acids is 1. The number of rotatable bonds is 8. The molecule has 0 spiro atoms. The first-order valence-electron chi connectivity index (χ1n) is 7.97. The van der Waals surface area contributed by atoms with Crippen LogP contribution in [-0.4, -0.2) is 65.7 Å². The highest BCUT2D eigenvalue weighted by Crippen LogP contribution is 2.32. The molecule has 0 aromatic rings. The summed E-state index contributed by atoms with van der Waals surface area (Å²) < 4.78 is 0. The summed E-state index contributed by atoms with van der Waals surface area (Å²) in [6.07, 6.45) is 5.44. The van der Waals surface area contributed by atoms with Crippen molar-refractivity contribution in [2.75, 3.05) is 26.7 Å². The van der Waals surface area contributed by atoms with E-state index in [9.17, 15) is 9.59 Å². The number of carboxylic acid groups (broad SMARTS) is 1. The smallest absolute Gasteiger partial charge is 0.317 e. The number of aliphatic carboxylic acids is 1. The Morgan fingerprint density at radius 3 is 2.48 bits per heavy atom. The Hall–Kier alpha value is -1.30. The molecule has 2 saturated carbocycles. The molecule has 2 aliphatic rings. The molecule has 0 aliphatic heterocycles. The summed E-state index contributed by atoms with van der Waals surface area (Å²) in [5.74, 6) is 0.0478. The van der Waals surface area contributed by atoms with Gasteiger partial charge in [-0.15, -0.1) is 0 Å². The molecular formula is C15H27N3O3. The monoisotopic (exact) mass is 297 g/mol. The van der Waals surface area contributed by atoms with Gasteiger partial charge in [0.2, 0.25) is 0 Å². The van der Waals surface area contributed by atoms with Crippen molar-refractivity contribution in [3.05, 3.63) is 0 Å². The van der Waals surface area contributed by atoms with Gasteiger partial charge in [-0.2, -0.15) is 0 Å². The lowest BCUT2D eigenvalue weighted by molar-refractivity contribution is -0.139. The van der Waals surface area contributed by atoms with Crippen molar-refractivity contribution in [3.8, 4) is 0 Å². The Kier molecular flexibility index (Phi) is 5.45. The first kappa shape index (κ1) is 16.1. The highest BCUT2D eigenvalue weighted by atomic mass is 16.4. The van der Waals surface area contributed by atoms with Crippen LogP contribution in [0.4, 0.5) is 4.79 Å². The fourth-order valence-corrected chi connectivity index (χ4v) is 2.85. The van der Waals surface area contributed by atoms with Gasteiger partial charge in [0.15, 0.2) is 0 Å². The minimum atomic E-state index is -0.788. The van der Waals surface area contributed by atoms with Crippen molar-refractivity contribution >= 4 is 12.0 Å². The molecule has 0 aromatic carbocycles. The van der Waals surface area contributed by atoms with Crippen LogP contribution in [0.5, 0.6) is 0 Å². The zero-order valence-corrected chi connectivity index (χ0v) is 13.0. The predicted octanol–water partition coefficient (Wildman–Crippen LogP) is 1.37. The van der Waals surface area contributed by atoms with Crippen LogP contribution in [0, 0.1) is 5.92 Å². The highest BCUT2D eigenvalue weighted by molar-refractivity contribution is 5.74. The lowest BCUT2D eigenvalue weighted by Gasteiger charge is -2.42. The molecule has 0 aromatic heterocycles. The van der Waals surface area contributed by atoms with Gasteiger partial charge >= 0.3 is 12.0 Å². The van der Waals surface area contributed by atoms with Crippen molar-refractivity contribution in [2.45, 2.75) is 51.1 Å². The Morgan fingerprint density at radius 1 is 1.29 bits per heavy atom. The predicted molar refractivity (Wildman–Crippen MR) is 80.2 cm³/mol. The molecule has 0 bridgehead atoms. The van der Waals surface area contributed by atoms with Crippen LogP contribution in [0.15, 0.2) is 0 Å². The van der Waals surface area contributed by atoms with E-state index in [0.29, 0.717) is 0 Å². The van der Waals surface area contributed by atoms with Crippen molar-refractivity contribution in [1.29, 1.82) is 0 Å². The van der Waals surface area contributed by atoms with Crippen LogP contribution in [0.25, 0.3) is 0 Å². The van der Waals surface area contributed by atoms with Gasteiger partial charge in [0.1, 0.15) is 0 Å². The SMILES string of the molecule is CCN(CC(=O)O)C1CC(NC(=O)N(C)CCC2CC2)C1. The van der Waals surface area contributed by atoms with Gasteiger partial charge in [-0.05, 0) is 31.7 Å². The number of nitrogens with one attached hydrogen (secondary N) is 1. The summed E-state index contributed by atoms with van der Waals surface area (Å²) in [6.45, 7) is 3.62. The minimum absolute atomic E-state index is 0.000355. The number of carbonyl (C=O) groups excluding carboxylic acids is 1. The van der Waals surface area contributed by atoms with E-state index in [1.54, 1.807) is 4.90 Å². The van der Waals surface area contributed by atoms with E-state index in [-0.39, 0.29) is 24.7 Å². The average Bonchev–Trinajstić information content (AvgIpc) is 3.20. The molecule has 21 heavy (non-hydrogen) atoms. The van der Waals surface area contributed by atoms with Gasteiger partial charge in [-0.25, -0.2) is 4.79 Å². The number of hydrogen-bond acceptors (Lipinski definition) is 3. The third-order valence-corrected chi connectivity index (χ3v) is 4.62. The third kappa shape index (κ3) is 4.88. The quantitative estimate of drug-likeness (QED) is 0.709. The summed E-state index contributed by atoms with van der Waals surface area (Å²) in [5, 5.41) is 11.9. The molecule has 0 saturated heterocycles. The van der Waals surface area contributed by atoms with E-state index in [4.69, 9.17) is 5.11 Å². The van der Waals surface area contributed by atoms with Crippen LogP contribution in [0.3, 0.4) is 0 Å². The van der Waals surface area contributed by atoms with Crippen molar-refractivity contribution in [2.24, 2.45) is 5.92 Å². The van der Waals surface area contributed by atoms with Gasteiger partial charge in [0.05, 0.1) is 6.54 Å². The van der Waals surface area contributed by atoms with Crippen LogP contribution in [0.1, 0.15) is 39.0 Å². The van der Waals surface area contributed by atoms with Crippen LogP contribution in [0.2, 0.25) is 0 Å². The topological polar surface area (TPSA) is 72.9 Å². The summed E-state index contributed by atoms with van der Waals surface area (Å²) in [5.41, 5.74) is 0. The molecule has 120 valence electrons. The van der Waals surface area contributed by atoms with Crippen molar-refractivity contribution in [1.82, 2.24) is 15.1 Å². The van der Waals surface area contributed by atoms with E-state index in [1.807, 2.05) is 18.9 Å². The number of likely N-dealkylation sites (N-methyl/N-ethyl adjacent to an activating group) is 1. The zero-order chi connectivity index (χ0) is 15.4. The Labute approximate surface area is 126 Å². The average molecular weight is 297 g/mol. The van der Waals surface area contributed by atoms with Crippen LogP contribution >= 0.6 is 0 Å². The van der Waals surface area contributed by atoms with E-state index in [2.05, 4.69) is 5.32 Å². The van der Waals surface area contributed by atoms with Gasteiger partial charge in [-0.3, -0.25) is 9.69 Å². The Balaban J connectivity index is 1.64. The summed E-state index contributed by atoms with van der Waals surface area (Å²) in [7, 11) is 1.84. The number of nitrogens with zero attached hydrogens (tertiary/aromatic N) is 2. The molecule has 2 fully saturated rings. The molecule has 0 heterocycles. The van der Waals surface area contributed by atoms with Gasteiger partial charge in [0.25, 0.3) is 0 Å². The maximum Gasteiger partial charge on any atom is 0.317 e. The normalized spacial score (nSPS) is 24.5. The fraction of sp³-hybridized carbons (Fsp3) is 0.867. The van der Waals surface area contributed by atoms with Crippen LogP contribution in [-0.2, 0) is 4.79 Å². The first-order valence-corrected chi connectivity index (χ1v) is 7.97. The molecule has 0 radical (unpaired) electrons. The molecule has 0 atom stereocenters. The number of carbonyl (C=O) groups is 2. The van der Waals surface area contributed by atoms with Gasteiger partial charge in [0, 0.05) is 25.7 Å². The molecule has 2 aliphatic carbocycles. The molecule has 2 N–H and O–H groups in total. The minimum Gasteiger partial charge on any atom is -0.480 e. The summed E-state index contributed by atoms with van der Waals surface area (Å²) in [6, 6.07) is 0.474. The second-order valence-electron chi connectivity index (χ2n) is 6.38. The second-order valence-corrected chi connectivity index (χ2v) is 6.38. The number of amides is 2. The third-order valence-electron chi connectivity index (χ3n) is 4.62. The Bertz CT molecular complexity index is 378. The maximum atomic E-state index is 12.0. The van der Waals surface area contributed by atoms with E-state index < -0.39 is 5.97 Å². The summed E-state index contributed by atoms with van der Waals surface area (Å²) >= 11 is 0. The largest absolute Gasteiger partial charge is 0.480 e. The summed E-state index contributed by atoms with van der Waals surface area (Å²) in [4.78, 5) is 26.5. The van der Waals surface area contributed by atoms with Crippen molar-refractivity contribution < 1.29 is 14.7 Å². The first-order chi connectivity index (χ1) is 9.99. The molecule has 6 heteroatoms. The Morgan fingerprint density at radius 2 is 1.95 bits per heavy atom. The number of hydrogen-bond donors (Lipinski definition) is 2. The fourth-order valence-electron chi connectivity index (χ4n) is 2.85. The van der Waals surface area contributed by atoms with Gasteiger partial charge < -0.3 is 15.3 Å². The second kappa shape index (κ2) is 7.11. The van der Waals surface area contributed by atoms with E-state index >= 15 is 0 Å². The molecular weight excluding hydrogens is 270 g/mol. The molecule has 2 amide bonds. The van der Waals surface area contributed by atoms with Crippen LogP contribution < -0.4 is 5.32 Å². The zero-order valence-electron chi connectivity index (χ0n) is 13.0. The lowest BCUT2D eigenvalue weighted by Crippen LogP contribution is -2.56. The van der Waals surface area contributed by atoms with Crippen molar-refractivity contribution in [3.63, 3.8) is 0 Å². The maximum absolute atomic E-state index is 12.0. The molecule has 2 rings (SSSR count). The lowest BCUT2D eigenvalue weighted by atomic mass is 9.85. The standard InChI is InChI=1S/C15H27N3O3/c1-3-18(10-14(19)20)13-8-12(9-13)16-15(21)17(2)7-6-11-4-5-11/h11-13H,3-10H2,1-2H3,(H,16,21)(H,19,20). The molecule has 0 unspecified atom stereocenters. The highest BCUT2D eigenvalue weighted by Gasteiger charge is 2.35. The number of urea groups is 1. The van der Waals surface area contributed by atoms with E-state index in [1.165, 1.54) is 12.8 Å². The molecule has 6 nitrogen and oxygen atoms in total.